The van der Waals surface area contributed by atoms with Gasteiger partial charge in [-0.25, -0.2) is 4.98 Å². The van der Waals surface area contributed by atoms with E-state index in [2.05, 4.69) is 23.7 Å². The first-order valence-electron chi connectivity index (χ1n) is 3.76. The lowest BCUT2D eigenvalue weighted by atomic mass is 10.1. The molecule has 1 nitrogen and oxygen atoms in total. The van der Waals surface area contributed by atoms with Crippen molar-refractivity contribution >= 4 is 27.1 Å². The quantitative estimate of drug-likeness (QED) is 0.647. The Morgan fingerprint density at radius 1 is 1.50 bits per heavy atom. The van der Waals surface area contributed by atoms with E-state index in [-0.39, 0.29) is 0 Å². The fraction of sp³-hybridized carbons (Fsp3) is 0.100. The average molecular weight is 175 g/mol. The van der Waals surface area contributed by atoms with Gasteiger partial charge in [-0.1, -0.05) is 18.2 Å². The molecule has 0 aliphatic heterocycles. The van der Waals surface area contributed by atoms with Gasteiger partial charge in [-0.05, 0) is 24.6 Å². The second-order valence-corrected chi connectivity index (χ2v) is 3.70. The normalized spacial score (nSPS) is 10.4. The van der Waals surface area contributed by atoms with Gasteiger partial charge in [0.2, 0.25) is 0 Å². The minimum atomic E-state index is 1.07. The zero-order chi connectivity index (χ0) is 8.55. The molecule has 0 N–H and O–H groups in total. The Balaban J connectivity index is 2.68. The Morgan fingerprint density at radius 3 is 3.08 bits per heavy atom. The first kappa shape index (κ1) is 7.50. The first-order chi connectivity index (χ1) is 5.77. The summed E-state index contributed by atoms with van der Waals surface area (Å²) in [6.45, 7) is 5.92. The Bertz CT molecular complexity index is 428. The molecule has 2 rings (SSSR count). The second-order valence-electron chi connectivity index (χ2n) is 2.82. The molecule has 12 heavy (non-hydrogen) atoms. The molecule has 0 bridgehead atoms. The Morgan fingerprint density at radius 2 is 2.33 bits per heavy atom. The fourth-order valence-electron chi connectivity index (χ4n) is 1.12. The van der Waals surface area contributed by atoms with Crippen LogP contribution in [0.25, 0.3) is 15.8 Å². The average Bonchev–Trinajstić information content (AvgIpc) is 2.49. The number of fused-ring (bicyclic) bond motifs is 1. The molecular formula is C10H9NS. The number of benzene rings is 1. The third-order valence-corrected chi connectivity index (χ3v) is 2.62. The summed E-state index contributed by atoms with van der Waals surface area (Å²) in [5, 5.41) is 0. The van der Waals surface area contributed by atoms with Crippen LogP contribution in [0.2, 0.25) is 0 Å². The molecule has 0 radical (unpaired) electrons. The smallest absolute Gasteiger partial charge is 0.0812 e. The van der Waals surface area contributed by atoms with Gasteiger partial charge in [0.05, 0.1) is 15.7 Å². The van der Waals surface area contributed by atoms with Gasteiger partial charge >= 0.3 is 0 Å². The van der Waals surface area contributed by atoms with Gasteiger partial charge < -0.3 is 0 Å². The SMILES string of the molecule is C=C(C)c1ccc2ncsc2c1. The van der Waals surface area contributed by atoms with Crippen molar-refractivity contribution in [1.82, 2.24) is 4.98 Å². The molecule has 1 aromatic heterocycles. The molecule has 0 spiro atoms. The van der Waals surface area contributed by atoms with Crippen LogP contribution in [0.3, 0.4) is 0 Å². The number of nitrogens with zero attached hydrogens (tertiary/aromatic N) is 1. The van der Waals surface area contributed by atoms with Gasteiger partial charge in [-0.2, -0.15) is 0 Å². The van der Waals surface area contributed by atoms with E-state index in [1.807, 2.05) is 18.5 Å². The van der Waals surface area contributed by atoms with Gasteiger partial charge in [-0.15, -0.1) is 11.3 Å². The third kappa shape index (κ3) is 1.14. The highest BCUT2D eigenvalue weighted by atomic mass is 32.1. The van der Waals surface area contributed by atoms with Crippen molar-refractivity contribution in [2.75, 3.05) is 0 Å². The second kappa shape index (κ2) is 2.72. The van der Waals surface area contributed by atoms with E-state index < -0.39 is 0 Å². The summed E-state index contributed by atoms with van der Waals surface area (Å²) in [7, 11) is 0. The zero-order valence-corrected chi connectivity index (χ0v) is 7.69. The Hall–Kier alpha value is -1.15. The minimum Gasteiger partial charge on any atom is -0.245 e. The molecule has 1 heterocycles. The van der Waals surface area contributed by atoms with Gasteiger partial charge in [0.1, 0.15) is 0 Å². The summed E-state index contributed by atoms with van der Waals surface area (Å²) in [5.74, 6) is 0. The molecule has 0 atom stereocenters. The van der Waals surface area contributed by atoms with E-state index in [0.717, 1.165) is 11.1 Å². The summed E-state index contributed by atoms with van der Waals surface area (Å²) < 4.78 is 1.23. The molecule has 0 saturated heterocycles. The largest absolute Gasteiger partial charge is 0.245 e. The highest BCUT2D eigenvalue weighted by Gasteiger charge is 1.98. The van der Waals surface area contributed by atoms with E-state index in [4.69, 9.17) is 0 Å². The van der Waals surface area contributed by atoms with Crippen molar-refractivity contribution in [1.29, 1.82) is 0 Å². The molecule has 0 unspecified atom stereocenters. The van der Waals surface area contributed by atoms with Crippen molar-refractivity contribution in [3.05, 3.63) is 35.9 Å². The lowest BCUT2D eigenvalue weighted by Crippen LogP contribution is -1.75. The number of hydrogen-bond donors (Lipinski definition) is 0. The Kier molecular flexibility index (Phi) is 1.70. The Labute approximate surface area is 75.4 Å². The molecule has 1 aromatic carbocycles. The van der Waals surface area contributed by atoms with E-state index in [9.17, 15) is 0 Å². The van der Waals surface area contributed by atoms with Crippen LogP contribution in [0.5, 0.6) is 0 Å². The fourth-order valence-corrected chi connectivity index (χ4v) is 1.84. The van der Waals surface area contributed by atoms with E-state index in [1.54, 1.807) is 11.3 Å². The van der Waals surface area contributed by atoms with Crippen molar-refractivity contribution in [2.24, 2.45) is 0 Å². The maximum absolute atomic E-state index is 4.21. The van der Waals surface area contributed by atoms with Crippen LogP contribution in [0, 0.1) is 0 Å². The molecular weight excluding hydrogens is 166 g/mol. The zero-order valence-electron chi connectivity index (χ0n) is 6.87. The van der Waals surface area contributed by atoms with Crippen LogP contribution < -0.4 is 0 Å². The molecule has 2 heteroatoms. The number of hydrogen-bond acceptors (Lipinski definition) is 2. The summed E-state index contributed by atoms with van der Waals surface area (Å²) in [4.78, 5) is 4.21. The third-order valence-electron chi connectivity index (χ3n) is 1.82. The monoisotopic (exact) mass is 175 g/mol. The van der Waals surface area contributed by atoms with Crippen LogP contribution in [-0.2, 0) is 0 Å². The number of rotatable bonds is 1. The van der Waals surface area contributed by atoms with Crippen LogP contribution in [0.15, 0.2) is 30.3 Å². The van der Waals surface area contributed by atoms with Gasteiger partial charge in [0.25, 0.3) is 0 Å². The van der Waals surface area contributed by atoms with Gasteiger partial charge in [-0.3, -0.25) is 0 Å². The molecule has 0 aliphatic carbocycles. The predicted octanol–water partition coefficient (Wildman–Crippen LogP) is 3.33. The number of allylic oxidation sites excluding steroid dienone is 1. The van der Waals surface area contributed by atoms with E-state index in [0.29, 0.717) is 0 Å². The van der Waals surface area contributed by atoms with E-state index in [1.165, 1.54) is 10.3 Å². The maximum Gasteiger partial charge on any atom is 0.0812 e. The van der Waals surface area contributed by atoms with Crippen molar-refractivity contribution in [2.45, 2.75) is 6.92 Å². The molecule has 0 amide bonds. The lowest BCUT2D eigenvalue weighted by molar-refractivity contribution is 1.49. The number of aromatic nitrogens is 1. The summed E-state index contributed by atoms with van der Waals surface area (Å²) in [6.07, 6.45) is 0. The molecule has 60 valence electrons. The molecule has 0 fully saturated rings. The van der Waals surface area contributed by atoms with E-state index >= 15 is 0 Å². The topological polar surface area (TPSA) is 12.9 Å². The lowest BCUT2D eigenvalue weighted by Gasteiger charge is -1.97. The van der Waals surface area contributed by atoms with Crippen LogP contribution in [0.4, 0.5) is 0 Å². The van der Waals surface area contributed by atoms with Crippen LogP contribution in [0.1, 0.15) is 12.5 Å². The van der Waals surface area contributed by atoms with Crippen LogP contribution in [-0.4, -0.2) is 4.98 Å². The predicted molar refractivity (Wildman–Crippen MR) is 54.3 cm³/mol. The van der Waals surface area contributed by atoms with Gasteiger partial charge in [0.15, 0.2) is 0 Å². The van der Waals surface area contributed by atoms with Crippen molar-refractivity contribution in [3.8, 4) is 0 Å². The molecule has 0 saturated carbocycles. The van der Waals surface area contributed by atoms with Crippen molar-refractivity contribution in [3.63, 3.8) is 0 Å². The molecule has 0 aliphatic rings. The minimum absolute atomic E-state index is 1.07. The highest BCUT2D eigenvalue weighted by Crippen LogP contribution is 2.22. The number of thiazole rings is 1. The summed E-state index contributed by atoms with van der Waals surface area (Å²) in [6, 6.07) is 6.23. The maximum atomic E-state index is 4.21. The van der Waals surface area contributed by atoms with Gasteiger partial charge in [0, 0.05) is 0 Å². The summed E-state index contributed by atoms with van der Waals surface area (Å²) in [5.41, 5.74) is 5.24. The van der Waals surface area contributed by atoms with Crippen molar-refractivity contribution < 1.29 is 0 Å². The van der Waals surface area contributed by atoms with Crippen LogP contribution >= 0.6 is 11.3 Å². The summed E-state index contributed by atoms with van der Waals surface area (Å²) >= 11 is 1.67. The first-order valence-corrected chi connectivity index (χ1v) is 4.64. The highest BCUT2D eigenvalue weighted by molar-refractivity contribution is 7.16. The molecule has 2 aromatic rings. The standard InChI is InChI=1S/C10H9NS/c1-7(2)8-3-4-9-10(5-8)12-6-11-9/h3-6H,1H2,2H3.